The van der Waals surface area contributed by atoms with Gasteiger partial charge in [-0.15, -0.1) is 10.2 Å². The minimum Gasteiger partial charge on any atom is -0.508 e. The lowest BCUT2D eigenvalue weighted by Crippen LogP contribution is -2.17. The largest absolute Gasteiger partial charge is 0.508 e. The van der Waals surface area contributed by atoms with E-state index in [1.807, 2.05) is 11.6 Å². The van der Waals surface area contributed by atoms with Gasteiger partial charge in [0.05, 0.1) is 5.75 Å². The van der Waals surface area contributed by atoms with E-state index in [1.54, 1.807) is 42.5 Å². The van der Waals surface area contributed by atoms with Gasteiger partial charge < -0.3 is 24.5 Å². The van der Waals surface area contributed by atoms with Crippen LogP contribution in [0.1, 0.15) is 0 Å². The van der Waals surface area contributed by atoms with Crippen molar-refractivity contribution in [1.29, 1.82) is 0 Å². The van der Waals surface area contributed by atoms with Gasteiger partial charge in [-0.3, -0.25) is 4.79 Å². The number of fused-ring (bicyclic) bond motifs is 1. The first-order valence-electron chi connectivity index (χ1n) is 8.61. The Morgan fingerprint density at radius 3 is 2.68 bits per heavy atom. The minimum absolute atomic E-state index is 0.157. The summed E-state index contributed by atoms with van der Waals surface area (Å²) in [6, 6.07) is 12.0. The molecular formula is C19H18N4O4S. The van der Waals surface area contributed by atoms with Gasteiger partial charge in [0.2, 0.25) is 5.91 Å². The first kappa shape index (κ1) is 18.2. The van der Waals surface area contributed by atoms with E-state index < -0.39 is 0 Å². The Labute approximate surface area is 165 Å². The van der Waals surface area contributed by atoms with Gasteiger partial charge in [0.1, 0.15) is 19.0 Å². The number of rotatable bonds is 5. The maximum Gasteiger partial charge on any atom is 0.234 e. The van der Waals surface area contributed by atoms with Crippen LogP contribution in [0.4, 0.5) is 5.69 Å². The molecule has 0 aliphatic carbocycles. The lowest BCUT2D eigenvalue weighted by Gasteiger charge is -2.18. The highest BCUT2D eigenvalue weighted by Crippen LogP contribution is 2.32. The van der Waals surface area contributed by atoms with Gasteiger partial charge in [-0.2, -0.15) is 0 Å². The molecule has 0 fully saturated rings. The lowest BCUT2D eigenvalue weighted by atomic mass is 10.2. The van der Waals surface area contributed by atoms with Gasteiger partial charge in [-0.1, -0.05) is 11.8 Å². The number of phenols is 1. The van der Waals surface area contributed by atoms with E-state index in [1.165, 1.54) is 11.8 Å². The number of aromatic hydroxyl groups is 1. The molecule has 0 bridgehead atoms. The van der Waals surface area contributed by atoms with Crippen molar-refractivity contribution in [3.05, 3.63) is 42.5 Å². The summed E-state index contributed by atoms with van der Waals surface area (Å²) in [5.41, 5.74) is 1.48. The number of nitrogens with one attached hydrogen (secondary N) is 1. The number of benzene rings is 2. The number of nitrogens with zero attached hydrogens (tertiary/aromatic N) is 3. The second-order valence-corrected chi connectivity index (χ2v) is 7.05. The third kappa shape index (κ3) is 3.89. The Kier molecular flexibility index (Phi) is 5.07. The molecule has 0 atom stereocenters. The molecule has 1 aliphatic heterocycles. The second kappa shape index (κ2) is 7.81. The summed E-state index contributed by atoms with van der Waals surface area (Å²) in [4.78, 5) is 12.3. The van der Waals surface area contributed by atoms with Crippen LogP contribution < -0.4 is 14.8 Å². The molecule has 8 nitrogen and oxygen atoms in total. The molecule has 0 saturated carbocycles. The van der Waals surface area contributed by atoms with Crippen LogP contribution in [0, 0.1) is 0 Å². The molecule has 0 unspecified atom stereocenters. The molecule has 1 amide bonds. The molecule has 0 radical (unpaired) electrons. The van der Waals surface area contributed by atoms with E-state index in [0.717, 1.165) is 5.56 Å². The number of aromatic nitrogens is 3. The summed E-state index contributed by atoms with van der Waals surface area (Å²) in [6.45, 7) is 1.02. The summed E-state index contributed by atoms with van der Waals surface area (Å²) in [6.07, 6.45) is 0. The monoisotopic (exact) mass is 398 g/mol. The molecule has 144 valence electrons. The second-order valence-electron chi connectivity index (χ2n) is 6.11. The van der Waals surface area contributed by atoms with Gasteiger partial charge in [0.15, 0.2) is 22.5 Å². The van der Waals surface area contributed by atoms with Crippen molar-refractivity contribution >= 4 is 23.4 Å². The molecule has 0 spiro atoms. The number of carbonyl (C=O) groups excluding carboxylic acids is 1. The lowest BCUT2D eigenvalue weighted by molar-refractivity contribution is -0.113. The van der Waals surface area contributed by atoms with Crippen LogP contribution >= 0.6 is 11.8 Å². The standard InChI is InChI=1S/C19H18N4O4S/c1-23-18(12-2-5-14(24)6-3-12)21-22-19(23)28-11-17(25)20-13-4-7-15-16(10-13)27-9-8-26-15/h2-7,10,24H,8-9,11H2,1H3,(H,20,25). The van der Waals surface area contributed by atoms with E-state index in [-0.39, 0.29) is 17.4 Å². The summed E-state index contributed by atoms with van der Waals surface area (Å²) < 4.78 is 12.8. The molecule has 9 heteroatoms. The van der Waals surface area contributed by atoms with Crippen molar-refractivity contribution in [2.75, 3.05) is 24.3 Å². The smallest absolute Gasteiger partial charge is 0.234 e. The first-order valence-corrected chi connectivity index (χ1v) is 9.60. The van der Waals surface area contributed by atoms with Crippen molar-refractivity contribution in [1.82, 2.24) is 14.8 Å². The topological polar surface area (TPSA) is 98.5 Å². The van der Waals surface area contributed by atoms with Crippen LogP contribution in [0.15, 0.2) is 47.6 Å². The maximum atomic E-state index is 12.3. The van der Waals surface area contributed by atoms with Crippen LogP contribution in [0.2, 0.25) is 0 Å². The van der Waals surface area contributed by atoms with Crippen LogP contribution in [0.5, 0.6) is 17.2 Å². The highest BCUT2D eigenvalue weighted by Gasteiger charge is 2.15. The number of hydrogen-bond acceptors (Lipinski definition) is 7. The van der Waals surface area contributed by atoms with Crippen LogP contribution in [-0.4, -0.2) is 44.7 Å². The fourth-order valence-electron chi connectivity index (χ4n) is 2.75. The minimum atomic E-state index is -0.157. The molecule has 4 rings (SSSR count). The van der Waals surface area contributed by atoms with Crippen LogP contribution in [-0.2, 0) is 11.8 Å². The third-order valence-corrected chi connectivity index (χ3v) is 5.14. The number of carbonyl (C=O) groups is 1. The average Bonchev–Trinajstić information content (AvgIpc) is 3.07. The van der Waals surface area contributed by atoms with Crippen molar-refractivity contribution < 1.29 is 19.4 Å². The van der Waals surface area contributed by atoms with E-state index in [2.05, 4.69) is 15.5 Å². The van der Waals surface area contributed by atoms with E-state index in [0.29, 0.717) is 41.4 Å². The van der Waals surface area contributed by atoms with Crippen molar-refractivity contribution in [3.63, 3.8) is 0 Å². The fraction of sp³-hybridized carbons (Fsp3) is 0.211. The Morgan fingerprint density at radius 2 is 1.89 bits per heavy atom. The van der Waals surface area contributed by atoms with E-state index >= 15 is 0 Å². The molecule has 1 aromatic heterocycles. The average molecular weight is 398 g/mol. The predicted octanol–water partition coefficient (Wildman–Crippen LogP) is 2.69. The zero-order chi connectivity index (χ0) is 19.5. The molecule has 2 heterocycles. The van der Waals surface area contributed by atoms with Gasteiger partial charge in [-0.05, 0) is 36.4 Å². The van der Waals surface area contributed by atoms with Crippen molar-refractivity contribution in [2.24, 2.45) is 7.05 Å². The Morgan fingerprint density at radius 1 is 1.14 bits per heavy atom. The number of thioether (sulfide) groups is 1. The fourth-order valence-corrected chi connectivity index (χ4v) is 3.46. The number of amides is 1. The van der Waals surface area contributed by atoms with Crippen LogP contribution in [0.3, 0.4) is 0 Å². The Balaban J connectivity index is 1.38. The zero-order valence-corrected chi connectivity index (χ0v) is 15.9. The summed E-state index contributed by atoms with van der Waals surface area (Å²) in [5, 5.41) is 21.2. The van der Waals surface area contributed by atoms with Gasteiger partial charge >= 0.3 is 0 Å². The maximum absolute atomic E-state index is 12.3. The number of hydrogen-bond donors (Lipinski definition) is 2. The molecule has 28 heavy (non-hydrogen) atoms. The molecule has 0 saturated heterocycles. The van der Waals surface area contributed by atoms with E-state index in [4.69, 9.17) is 9.47 Å². The van der Waals surface area contributed by atoms with E-state index in [9.17, 15) is 9.90 Å². The number of phenolic OH excluding ortho intramolecular Hbond substituents is 1. The predicted molar refractivity (Wildman–Crippen MR) is 105 cm³/mol. The van der Waals surface area contributed by atoms with Crippen molar-refractivity contribution in [3.8, 4) is 28.6 Å². The Bertz CT molecular complexity index is 1000. The highest BCUT2D eigenvalue weighted by atomic mass is 32.2. The van der Waals surface area contributed by atoms with Gasteiger partial charge in [0, 0.05) is 24.4 Å². The Hall–Kier alpha value is -3.20. The number of anilines is 1. The molecule has 1 aliphatic rings. The highest BCUT2D eigenvalue weighted by molar-refractivity contribution is 7.99. The molecule has 2 N–H and O–H groups in total. The van der Waals surface area contributed by atoms with Gasteiger partial charge in [-0.25, -0.2) is 0 Å². The third-order valence-electron chi connectivity index (χ3n) is 4.12. The van der Waals surface area contributed by atoms with Crippen molar-refractivity contribution in [2.45, 2.75) is 5.16 Å². The molecule has 2 aromatic carbocycles. The number of ether oxygens (including phenoxy) is 2. The summed E-state index contributed by atoms with van der Waals surface area (Å²) >= 11 is 1.29. The normalized spacial score (nSPS) is 12.6. The quantitative estimate of drug-likeness (QED) is 0.638. The summed E-state index contributed by atoms with van der Waals surface area (Å²) in [7, 11) is 1.84. The summed E-state index contributed by atoms with van der Waals surface area (Å²) in [5.74, 6) is 2.20. The SMILES string of the molecule is Cn1c(SCC(=O)Nc2ccc3c(c2)OCCO3)nnc1-c1ccc(O)cc1. The van der Waals surface area contributed by atoms with Gasteiger partial charge in [0.25, 0.3) is 0 Å². The zero-order valence-electron chi connectivity index (χ0n) is 15.1. The first-order chi connectivity index (χ1) is 13.6. The molecular weight excluding hydrogens is 380 g/mol. The van der Waals surface area contributed by atoms with Crippen LogP contribution in [0.25, 0.3) is 11.4 Å². The molecule has 3 aromatic rings.